The first-order valence-corrected chi connectivity index (χ1v) is 4.95. The fourth-order valence-electron chi connectivity index (χ4n) is 1.28. The Morgan fingerprint density at radius 1 is 1.36 bits per heavy atom. The number of nitrogens with one attached hydrogen (secondary N) is 1. The number of aliphatic hydroxyl groups is 1. The minimum Gasteiger partial charge on any atom is -0.397 e. The molecule has 0 saturated heterocycles. The molecule has 0 radical (unpaired) electrons. The summed E-state index contributed by atoms with van der Waals surface area (Å²) in [6, 6.07) is 5.94. The van der Waals surface area contributed by atoms with Crippen molar-refractivity contribution in [3.63, 3.8) is 0 Å². The van der Waals surface area contributed by atoms with Crippen LogP contribution in [0.15, 0.2) is 18.2 Å². The predicted octanol–water partition coefficient (Wildman–Crippen LogP) is 1.76. The van der Waals surface area contributed by atoms with Gasteiger partial charge in [-0.15, -0.1) is 0 Å². The molecule has 0 heterocycles. The van der Waals surface area contributed by atoms with Gasteiger partial charge in [-0.05, 0) is 37.5 Å². The molecule has 0 atom stereocenters. The quantitative estimate of drug-likeness (QED) is 0.494. The van der Waals surface area contributed by atoms with Gasteiger partial charge in [-0.2, -0.15) is 0 Å². The van der Waals surface area contributed by atoms with Crippen LogP contribution in [0.3, 0.4) is 0 Å². The van der Waals surface area contributed by atoms with E-state index in [-0.39, 0.29) is 6.61 Å². The van der Waals surface area contributed by atoms with E-state index in [0.29, 0.717) is 0 Å². The van der Waals surface area contributed by atoms with Crippen molar-refractivity contribution in [2.75, 3.05) is 24.2 Å². The summed E-state index contributed by atoms with van der Waals surface area (Å²) < 4.78 is 0. The largest absolute Gasteiger partial charge is 0.397 e. The predicted molar refractivity (Wildman–Crippen MR) is 60.4 cm³/mol. The van der Waals surface area contributed by atoms with Gasteiger partial charge in [0, 0.05) is 13.2 Å². The number of hydrogen-bond donors (Lipinski definition) is 3. The van der Waals surface area contributed by atoms with Gasteiger partial charge in [0.2, 0.25) is 0 Å². The van der Waals surface area contributed by atoms with Gasteiger partial charge in [0.1, 0.15) is 0 Å². The van der Waals surface area contributed by atoms with Crippen LogP contribution < -0.4 is 11.1 Å². The molecule has 0 aliphatic carbocycles. The van der Waals surface area contributed by atoms with Gasteiger partial charge in [-0.3, -0.25) is 0 Å². The maximum Gasteiger partial charge on any atom is 0.0576 e. The highest BCUT2D eigenvalue weighted by atomic mass is 16.2. The second-order valence-corrected chi connectivity index (χ2v) is 3.45. The second kappa shape index (κ2) is 5.50. The molecule has 0 aliphatic rings. The van der Waals surface area contributed by atoms with Crippen LogP contribution in [0.5, 0.6) is 0 Å². The van der Waals surface area contributed by atoms with Crippen LogP contribution in [0, 0.1) is 6.92 Å². The first kappa shape index (κ1) is 10.9. The summed E-state index contributed by atoms with van der Waals surface area (Å²) in [6.45, 7) is 3.15. The van der Waals surface area contributed by atoms with Crippen LogP contribution in [0.25, 0.3) is 0 Å². The first-order chi connectivity index (χ1) is 6.74. The molecule has 0 saturated carbocycles. The van der Waals surface area contributed by atoms with Crippen LogP contribution in [0.4, 0.5) is 11.4 Å². The average molecular weight is 194 g/mol. The molecule has 0 aliphatic heterocycles. The van der Waals surface area contributed by atoms with Gasteiger partial charge < -0.3 is 16.2 Å². The molecule has 1 aromatic carbocycles. The third-order valence-corrected chi connectivity index (χ3v) is 2.11. The Kier molecular flexibility index (Phi) is 4.26. The molecule has 1 aromatic rings. The van der Waals surface area contributed by atoms with E-state index in [1.54, 1.807) is 0 Å². The minimum absolute atomic E-state index is 0.255. The third-order valence-electron chi connectivity index (χ3n) is 2.11. The van der Waals surface area contributed by atoms with Crippen LogP contribution in [-0.4, -0.2) is 18.3 Å². The number of benzene rings is 1. The van der Waals surface area contributed by atoms with Gasteiger partial charge >= 0.3 is 0 Å². The SMILES string of the molecule is Cc1ccc(N)c(NCCCCO)c1. The number of aryl methyl sites for hydroxylation is 1. The zero-order valence-electron chi connectivity index (χ0n) is 8.59. The van der Waals surface area contributed by atoms with Crippen LogP contribution in [-0.2, 0) is 0 Å². The van der Waals surface area contributed by atoms with Gasteiger partial charge in [0.05, 0.1) is 11.4 Å². The zero-order chi connectivity index (χ0) is 10.4. The molecule has 0 unspecified atom stereocenters. The molecule has 0 aromatic heterocycles. The lowest BCUT2D eigenvalue weighted by Crippen LogP contribution is -2.05. The first-order valence-electron chi connectivity index (χ1n) is 4.95. The smallest absolute Gasteiger partial charge is 0.0576 e. The highest BCUT2D eigenvalue weighted by Crippen LogP contribution is 2.19. The lowest BCUT2D eigenvalue weighted by atomic mass is 10.2. The summed E-state index contributed by atoms with van der Waals surface area (Å²) in [5.74, 6) is 0. The number of nitrogens with two attached hydrogens (primary N) is 1. The highest BCUT2D eigenvalue weighted by molar-refractivity contribution is 5.66. The molecule has 14 heavy (non-hydrogen) atoms. The molecule has 0 fully saturated rings. The number of aliphatic hydroxyl groups excluding tert-OH is 1. The Morgan fingerprint density at radius 2 is 2.14 bits per heavy atom. The summed E-state index contributed by atoms with van der Waals surface area (Å²) in [4.78, 5) is 0. The van der Waals surface area contributed by atoms with E-state index >= 15 is 0 Å². The number of hydrogen-bond acceptors (Lipinski definition) is 3. The van der Waals surface area contributed by atoms with Crippen molar-refractivity contribution in [1.29, 1.82) is 0 Å². The molecular weight excluding hydrogens is 176 g/mol. The number of rotatable bonds is 5. The van der Waals surface area contributed by atoms with Gasteiger partial charge in [0.15, 0.2) is 0 Å². The van der Waals surface area contributed by atoms with E-state index in [2.05, 4.69) is 5.32 Å². The Balaban J connectivity index is 2.45. The van der Waals surface area contributed by atoms with Crippen LogP contribution in [0.2, 0.25) is 0 Å². The Hall–Kier alpha value is -1.22. The maximum absolute atomic E-state index is 8.61. The topological polar surface area (TPSA) is 58.3 Å². The highest BCUT2D eigenvalue weighted by Gasteiger charge is 1.97. The Morgan fingerprint density at radius 3 is 2.86 bits per heavy atom. The van der Waals surface area contributed by atoms with Gasteiger partial charge in [0.25, 0.3) is 0 Å². The summed E-state index contributed by atoms with van der Waals surface area (Å²) in [6.07, 6.45) is 1.79. The Labute approximate surface area is 84.9 Å². The monoisotopic (exact) mass is 194 g/mol. The lowest BCUT2D eigenvalue weighted by Gasteiger charge is -2.09. The number of nitrogen functional groups attached to an aromatic ring is 1. The molecule has 0 spiro atoms. The number of unbranched alkanes of at least 4 members (excludes halogenated alkanes) is 1. The van der Waals surface area contributed by atoms with Crippen molar-refractivity contribution in [2.24, 2.45) is 0 Å². The molecule has 3 heteroatoms. The fourth-order valence-corrected chi connectivity index (χ4v) is 1.28. The molecule has 4 N–H and O–H groups in total. The second-order valence-electron chi connectivity index (χ2n) is 3.45. The molecule has 1 rings (SSSR count). The van der Waals surface area contributed by atoms with Crippen LogP contribution in [0.1, 0.15) is 18.4 Å². The standard InChI is InChI=1S/C11H18N2O/c1-9-4-5-10(12)11(8-9)13-6-2-3-7-14/h4-5,8,13-14H,2-3,6-7,12H2,1H3. The van der Waals surface area contributed by atoms with Crippen molar-refractivity contribution >= 4 is 11.4 Å². The molecular formula is C11H18N2O. The zero-order valence-corrected chi connectivity index (χ0v) is 8.59. The van der Waals surface area contributed by atoms with E-state index in [0.717, 1.165) is 30.8 Å². The summed E-state index contributed by atoms with van der Waals surface area (Å²) >= 11 is 0. The Bertz CT molecular complexity index is 287. The average Bonchev–Trinajstić information content (AvgIpc) is 2.18. The third kappa shape index (κ3) is 3.26. The molecule has 0 amide bonds. The van der Waals surface area contributed by atoms with Crippen molar-refractivity contribution < 1.29 is 5.11 Å². The molecule has 78 valence electrons. The molecule has 0 bridgehead atoms. The van der Waals surface area contributed by atoms with Gasteiger partial charge in [-0.1, -0.05) is 6.07 Å². The van der Waals surface area contributed by atoms with E-state index in [9.17, 15) is 0 Å². The van der Waals surface area contributed by atoms with E-state index in [1.165, 1.54) is 5.56 Å². The summed E-state index contributed by atoms with van der Waals surface area (Å²) in [5, 5.41) is 11.9. The number of anilines is 2. The summed E-state index contributed by atoms with van der Waals surface area (Å²) in [7, 11) is 0. The van der Waals surface area contributed by atoms with E-state index in [1.807, 2.05) is 25.1 Å². The fraction of sp³-hybridized carbons (Fsp3) is 0.455. The van der Waals surface area contributed by atoms with E-state index in [4.69, 9.17) is 10.8 Å². The van der Waals surface area contributed by atoms with Crippen molar-refractivity contribution in [2.45, 2.75) is 19.8 Å². The van der Waals surface area contributed by atoms with E-state index < -0.39 is 0 Å². The lowest BCUT2D eigenvalue weighted by molar-refractivity contribution is 0.286. The van der Waals surface area contributed by atoms with Crippen LogP contribution >= 0.6 is 0 Å². The van der Waals surface area contributed by atoms with Gasteiger partial charge in [-0.25, -0.2) is 0 Å². The van der Waals surface area contributed by atoms with Crippen molar-refractivity contribution in [3.05, 3.63) is 23.8 Å². The summed E-state index contributed by atoms with van der Waals surface area (Å²) in [5.41, 5.74) is 8.76. The molecule has 3 nitrogen and oxygen atoms in total. The van der Waals surface area contributed by atoms with Crippen molar-refractivity contribution in [1.82, 2.24) is 0 Å². The maximum atomic E-state index is 8.61. The normalized spacial score (nSPS) is 10.1. The minimum atomic E-state index is 0.255. The van der Waals surface area contributed by atoms with Crippen molar-refractivity contribution in [3.8, 4) is 0 Å².